The van der Waals surface area contributed by atoms with Crippen molar-refractivity contribution in [1.29, 1.82) is 0 Å². The number of H-pyrrole nitrogens is 1. The van der Waals surface area contributed by atoms with E-state index in [1.165, 1.54) is 0 Å². The number of imidazole rings is 1. The fourth-order valence-electron chi connectivity index (χ4n) is 4.70. The van der Waals surface area contributed by atoms with Gasteiger partial charge in [0.15, 0.2) is 5.82 Å². The van der Waals surface area contributed by atoms with Gasteiger partial charge in [0.1, 0.15) is 5.52 Å². The Labute approximate surface area is 179 Å². The lowest BCUT2D eigenvalue weighted by Crippen LogP contribution is -2.50. The fraction of sp³-hybridized carbons (Fsp3) is 0.429. The zero-order chi connectivity index (χ0) is 20.2. The number of hydrogen-bond acceptors (Lipinski definition) is 5. The van der Waals surface area contributed by atoms with Crippen molar-refractivity contribution in [2.24, 2.45) is 11.1 Å². The highest BCUT2D eigenvalue weighted by Gasteiger charge is 2.47. The summed E-state index contributed by atoms with van der Waals surface area (Å²) in [6.45, 7) is 4.59. The van der Waals surface area contributed by atoms with Gasteiger partial charge in [0.2, 0.25) is 0 Å². The molecule has 0 amide bonds. The molecule has 29 heavy (non-hydrogen) atoms. The number of fused-ring (bicyclic) bond motifs is 1. The number of nitrogens with zero attached hydrogens (tertiary/aromatic N) is 3. The standard InChI is InChI=1S/C21H23Cl2N5O/c1-12-19(24)21(10-29-12)5-7-28(8-6-21)20-18-17(26-11-27-18)14(9-25-20)13-3-2-4-15(22)16(13)23/h2-4,9,11-12,19H,5-8,10,24H2,1H3,(H,26,27)/t12-,19+/m0/s1. The molecule has 2 fully saturated rings. The second-order valence-electron chi connectivity index (χ2n) is 8.11. The number of benzene rings is 1. The predicted molar refractivity (Wildman–Crippen MR) is 117 cm³/mol. The molecule has 3 aromatic rings. The van der Waals surface area contributed by atoms with Gasteiger partial charge in [0.25, 0.3) is 0 Å². The molecule has 2 saturated heterocycles. The summed E-state index contributed by atoms with van der Waals surface area (Å²) < 4.78 is 5.84. The molecule has 2 aliphatic rings. The van der Waals surface area contributed by atoms with Crippen molar-refractivity contribution in [3.05, 3.63) is 40.8 Å². The van der Waals surface area contributed by atoms with Crippen LogP contribution in [0.1, 0.15) is 19.8 Å². The van der Waals surface area contributed by atoms with Gasteiger partial charge >= 0.3 is 0 Å². The zero-order valence-corrected chi connectivity index (χ0v) is 17.7. The van der Waals surface area contributed by atoms with Gasteiger partial charge in [-0.25, -0.2) is 9.97 Å². The number of aromatic nitrogens is 3. The van der Waals surface area contributed by atoms with E-state index in [-0.39, 0.29) is 17.6 Å². The Morgan fingerprint density at radius 3 is 2.72 bits per heavy atom. The molecule has 3 N–H and O–H groups in total. The molecule has 0 saturated carbocycles. The van der Waals surface area contributed by atoms with E-state index in [1.807, 2.05) is 18.3 Å². The lowest BCUT2D eigenvalue weighted by atomic mass is 9.73. The highest BCUT2D eigenvalue weighted by molar-refractivity contribution is 6.43. The number of hydrogen-bond donors (Lipinski definition) is 2. The first-order valence-electron chi connectivity index (χ1n) is 9.89. The van der Waals surface area contributed by atoms with E-state index in [0.717, 1.165) is 60.5 Å². The maximum atomic E-state index is 6.46. The molecule has 0 aliphatic carbocycles. The average Bonchev–Trinajstić information content (AvgIpc) is 3.32. The number of nitrogens with one attached hydrogen (secondary N) is 1. The Morgan fingerprint density at radius 2 is 2.00 bits per heavy atom. The molecule has 8 heteroatoms. The maximum absolute atomic E-state index is 6.46. The second kappa shape index (κ2) is 7.13. The first-order chi connectivity index (χ1) is 14.0. The third-order valence-corrected chi connectivity index (χ3v) is 7.40. The first kappa shape index (κ1) is 19.1. The van der Waals surface area contributed by atoms with Crippen molar-refractivity contribution in [1.82, 2.24) is 15.0 Å². The molecular weight excluding hydrogens is 409 g/mol. The van der Waals surface area contributed by atoms with Crippen molar-refractivity contribution < 1.29 is 4.74 Å². The lowest BCUT2D eigenvalue weighted by Gasteiger charge is -2.41. The van der Waals surface area contributed by atoms with Crippen molar-refractivity contribution in [3.8, 4) is 11.1 Å². The summed E-state index contributed by atoms with van der Waals surface area (Å²) in [4.78, 5) is 14.9. The van der Waals surface area contributed by atoms with Gasteiger partial charge in [-0.2, -0.15) is 0 Å². The molecule has 0 bridgehead atoms. The summed E-state index contributed by atoms with van der Waals surface area (Å²) in [5.74, 6) is 0.888. The number of nitrogens with two attached hydrogens (primary N) is 1. The highest BCUT2D eigenvalue weighted by atomic mass is 35.5. The molecule has 6 nitrogen and oxygen atoms in total. The first-order valence-corrected chi connectivity index (χ1v) is 10.6. The number of pyridine rings is 1. The van der Waals surface area contributed by atoms with Crippen molar-refractivity contribution in [2.45, 2.75) is 31.9 Å². The van der Waals surface area contributed by atoms with E-state index < -0.39 is 0 Å². The van der Waals surface area contributed by atoms with Crippen LogP contribution in [0.4, 0.5) is 5.82 Å². The number of halogens is 2. The molecule has 0 unspecified atom stereocenters. The van der Waals surface area contributed by atoms with Crippen LogP contribution in [-0.2, 0) is 4.74 Å². The van der Waals surface area contributed by atoms with E-state index in [1.54, 1.807) is 12.4 Å². The SMILES string of the molecule is C[C@@H]1OCC2(CCN(c3ncc(-c4cccc(Cl)c4Cl)c4[nH]cnc34)CC2)[C@@H]1N. The molecule has 4 heterocycles. The van der Waals surface area contributed by atoms with Crippen molar-refractivity contribution >= 4 is 40.1 Å². The van der Waals surface area contributed by atoms with Gasteiger partial charge in [0.05, 0.1) is 34.6 Å². The largest absolute Gasteiger partial charge is 0.376 e. The quantitative estimate of drug-likeness (QED) is 0.633. The van der Waals surface area contributed by atoms with Gasteiger partial charge in [0, 0.05) is 41.9 Å². The molecule has 2 atom stereocenters. The average molecular weight is 432 g/mol. The van der Waals surface area contributed by atoms with Crippen LogP contribution in [0.5, 0.6) is 0 Å². The van der Waals surface area contributed by atoms with Crippen molar-refractivity contribution in [3.63, 3.8) is 0 Å². The van der Waals surface area contributed by atoms with Gasteiger partial charge < -0.3 is 20.4 Å². The maximum Gasteiger partial charge on any atom is 0.156 e. The molecule has 2 aliphatic heterocycles. The molecule has 1 aromatic carbocycles. The Hall–Kier alpha value is -1.86. The van der Waals surface area contributed by atoms with Crippen LogP contribution < -0.4 is 10.6 Å². The molecule has 1 spiro atoms. The molecular formula is C21H23Cl2N5O. The number of rotatable bonds is 2. The van der Waals surface area contributed by atoms with E-state index in [4.69, 9.17) is 38.7 Å². The third kappa shape index (κ3) is 3.01. The van der Waals surface area contributed by atoms with E-state index in [9.17, 15) is 0 Å². The number of piperidine rings is 1. The van der Waals surface area contributed by atoms with Crippen LogP contribution in [-0.4, -0.2) is 46.8 Å². The fourth-order valence-corrected chi connectivity index (χ4v) is 5.11. The van der Waals surface area contributed by atoms with Crippen LogP contribution in [0.25, 0.3) is 22.2 Å². The minimum atomic E-state index is 0.0782. The van der Waals surface area contributed by atoms with E-state index in [0.29, 0.717) is 10.0 Å². The minimum absolute atomic E-state index is 0.0782. The molecule has 2 aromatic heterocycles. The van der Waals surface area contributed by atoms with E-state index in [2.05, 4.69) is 21.8 Å². The summed E-state index contributed by atoms with van der Waals surface area (Å²) in [5.41, 5.74) is 10.0. The topological polar surface area (TPSA) is 80.1 Å². The normalized spacial score (nSPS) is 23.9. The minimum Gasteiger partial charge on any atom is -0.376 e. The second-order valence-corrected chi connectivity index (χ2v) is 8.90. The van der Waals surface area contributed by atoms with Crippen molar-refractivity contribution in [2.75, 3.05) is 24.6 Å². The summed E-state index contributed by atoms with van der Waals surface area (Å²) in [6.07, 6.45) is 5.66. The number of ether oxygens (including phenoxy) is 1. The Balaban J connectivity index is 1.47. The monoisotopic (exact) mass is 431 g/mol. The highest BCUT2D eigenvalue weighted by Crippen LogP contribution is 2.43. The van der Waals surface area contributed by atoms with Gasteiger partial charge in [-0.3, -0.25) is 0 Å². The molecule has 152 valence electrons. The summed E-state index contributed by atoms with van der Waals surface area (Å²) in [6, 6.07) is 5.70. The smallest absolute Gasteiger partial charge is 0.156 e. The lowest BCUT2D eigenvalue weighted by molar-refractivity contribution is 0.0974. The Bertz CT molecular complexity index is 1060. The summed E-state index contributed by atoms with van der Waals surface area (Å²) >= 11 is 12.7. The number of anilines is 1. The molecule has 0 radical (unpaired) electrons. The zero-order valence-electron chi connectivity index (χ0n) is 16.2. The van der Waals surface area contributed by atoms with Gasteiger partial charge in [-0.1, -0.05) is 35.3 Å². The Morgan fingerprint density at radius 1 is 1.21 bits per heavy atom. The van der Waals surface area contributed by atoms with Crippen LogP contribution in [0.2, 0.25) is 10.0 Å². The van der Waals surface area contributed by atoms with Gasteiger partial charge in [-0.15, -0.1) is 0 Å². The van der Waals surface area contributed by atoms with E-state index >= 15 is 0 Å². The van der Waals surface area contributed by atoms with Crippen LogP contribution in [0.15, 0.2) is 30.7 Å². The number of aromatic amines is 1. The summed E-state index contributed by atoms with van der Waals surface area (Å²) in [5, 5.41) is 1.04. The Kier molecular flexibility index (Phi) is 4.70. The third-order valence-electron chi connectivity index (χ3n) is 6.58. The van der Waals surface area contributed by atoms with Gasteiger partial charge in [-0.05, 0) is 25.8 Å². The van der Waals surface area contributed by atoms with Crippen LogP contribution in [0.3, 0.4) is 0 Å². The predicted octanol–water partition coefficient (Wildman–Crippen LogP) is 4.26. The van der Waals surface area contributed by atoms with Crippen LogP contribution >= 0.6 is 23.2 Å². The summed E-state index contributed by atoms with van der Waals surface area (Å²) in [7, 11) is 0. The van der Waals surface area contributed by atoms with Crippen LogP contribution in [0, 0.1) is 5.41 Å². The molecule has 5 rings (SSSR count).